The van der Waals surface area contributed by atoms with Crippen LogP contribution in [0.3, 0.4) is 0 Å². The maximum atomic E-state index is 11.9. The van der Waals surface area contributed by atoms with Crippen molar-refractivity contribution < 1.29 is 4.79 Å². The van der Waals surface area contributed by atoms with Crippen LogP contribution >= 0.6 is 0 Å². The Balaban J connectivity index is 2.16. The van der Waals surface area contributed by atoms with Crippen LogP contribution in [0.2, 0.25) is 0 Å². The van der Waals surface area contributed by atoms with Crippen molar-refractivity contribution in [2.45, 2.75) is 18.4 Å². The molecule has 5 nitrogen and oxygen atoms in total. The van der Waals surface area contributed by atoms with E-state index in [1.165, 1.54) is 0 Å². The maximum Gasteiger partial charge on any atom is 0.239 e. The molecule has 2 aliphatic heterocycles. The van der Waals surface area contributed by atoms with E-state index in [4.69, 9.17) is 5.73 Å². The first kappa shape index (κ1) is 11.8. The summed E-state index contributed by atoms with van der Waals surface area (Å²) in [6.45, 7) is 5.62. The highest BCUT2D eigenvalue weighted by Gasteiger charge is 2.45. The Morgan fingerprint density at radius 2 is 2.00 bits per heavy atom. The molecule has 2 aliphatic rings. The molecule has 0 bridgehead atoms. The zero-order chi connectivity index (χ0) is 11.6. The van der Waals surface area contributed by atoms with Crippen LogP contribution in [0.5, 0.6) is 0 Å². The highest BCUT2D eigenvalue weighted by Crippen LogP contribution is 2.27. The minimum atomic E-state index is -0.422. The van der Waals surface area contributed by atoms with Crippen LogP contribution in [0.4, 0.5) is 0 Å². The van der Waals surface area contributed by atoms with Gasteiger partial charge < -0.3 is 16.0 Å². The number of piperazine rings is 1. The second kappa shape index (κ2) is 4.69. The molecule has 0 aromatic rings. The number of nitrogens with one attached hydrogen (secondary N) is 1. The van der Waals surface area contributed by atoms with E-state index in [0.29, 0.717) is 0 Å². The van der Waals surface area contributed by atoms with Crippen molar-refractivity contribution in [3.8, 4) is 0 Å². The summed E-state index contributed by atoms with van der Waals surface area (Å²) < 4.78 is 0. The summed E-state index contributed by atoms with van der Waals surface area (Å²) in [7, 11) is 2.07. The van der Waals surface area contributed by atoms with Crippen molar-refractivity contribution in [1.82, 2.24) is 15.1 Å². The molecule has 1 atom stereocenters. The third kappa shape index (κ3) is 2.07. The van der Waals surface area contributed by atoms with Crippen LogP contribution in [0.15, 0.2) is 0 Å². The molecule has 2 rings (SSSR count). The number of carbonyl (C=O) groups excluding carboxylic acids is 1. The van der Waals surface area contributed by atoms with Crippen LogP contribution in [-0.4, -0.2) is 67.6 Å². The highest BCUT2D eigenvalue weighted by atomic mass is 16.1. The number of likely N-dealkylation sites (N-methyl/N-ethyl adjacent to an activating group) is 1. The fourth-order valence-electron chi connectivity index (χ4n) is 2.95. The summed E-state index contributed by atoms with van der Waals surface area (Å²) in [6.07, 6.45) is 1.97. The molecule has 0 aromatic carbocycles. The lowest BCUT2D eigenvalue weighted by molar-refractivity contribution is -0.134. The van der Waals surface area contributed by atoms with E-state index in [-0.39, 0.29) is 5.91 Å². The van der Waals surface area contributed by atoms with E-state index < -0.39 is 5.54 Å². The lowest BCUT2D eigenvalue weighted by Crippen LogP contribution is -2.67. The number of carbonyl (C=O) groups is 1. The van der Waals surface area contributed by atoms with E-state index >= 15 is 0 Å². The first-order valence-electron chi connectivity index (χ1n) is 6.09. The summed E-state index contributed by atoms with van der Waals surface area (Å²) in [5, 5.41) is 3.31. The number of hydrogen-bond donors (Lipinski definition) is 2. The van der Waals surface area contributed by atoms with Crippen molar-refractivity contribution in [3.63, 3.8) is 0 Å². The molecule has 2 fully saturated rings. The topological polar surface area (TPSA) is 61.6 Å². The normalized spacial score (nSPS) is 33.8. The predicted molar refractivity (Wildman–Crippen MR) is 63.1 cm³/mol. The number of hydrogen-bond acceptors (Lipinski definition) is 4. The molecule has 0 aromatic heterocycles. The van der Waals surface area contributed by atoms with Gasteiger partial charge in [-0.05, 0) is 26.4 Å². The van der Waals surface area contributed by atoms with Gasteiger partial charge in [0.1, 0.15) is 5.54 Å². The molecule has 16 heavy (non-hydrogen) atoms. The molecule has 3 N–H and O–H groups in total. The SMILES string of the molecule is CN1CCCC(C(N)=O)(N2CCNCC2)C1. The minimum Gasteiger partial charge on any atom is -0.368 e. The van der Waals surface area contributed by atoms with Crippen LogP contribution in [-0.2, 0) is 4.79 Å². The molecule has 92 valence electrons. The zero-order valence-corrected chi connectivity index (χ0v) is 10.0. The summed E-state index contributed by atoms with van der Waals surface area (Å²) in [5.41, 5.74) is 5.25. The summed E-state index contributed by atoms with van der Waals surface area (Å²) in [5.74, 6) is -0.152. The largest absolute Gasteiger partial charge is 0.368 e. The van der Waals surface area contributed by atoms with E-state index in [9.17, 15) is 4.79 Å². The van der Waals surface area contributed by atoms with Gasteiger partial charge in [-0.1, -0.05) is 0 Å². The van der Waals surface area contributed by atoms with Gasteiger partial charge in [-0.2, -0.15) is 0 Å². The second-order valence-corrected chi connectivity index (χ2v) is 4.97. The standard InChI is InChI=1S/C11H22N4O/c1-14-6-2-3-11(9-14,10(12)16)15-7-4-13-5-8-15/h13H,2-9H2,1H3,(H2,12,16). The molecular weight excluding hydrogens is 204 g/mol. The van der Waals surface area contributed by atoms with Crippen LogP contribution < -0.4 is 11.1 Å². The monoisotopic (exact) mass is 226 g/mol. The molecular formula is C11H22N4O. The van der Waals surface area contributed by atoms with Crippen LogP contribution in [0, 0.1) is 0 Å². The Morgan fingerprint density at radius 3 is 2.56 bits per heavy atom. The predicted octanol–water partition coefficient (Wildman–Crippen LogP) is -1.16. The van der Waals surface area contributed by atoms with Gasteiger partial charge in [-0.25, -0.2) is 0 Å². The van der Waals surface area contributed by atoms with Gasteiger partial charge in [0, 0.05) is 32.7 Å². The minimum absolute atomic E-state index is 0.152. The van der Waals surface area contributed by atoms with Gasteiger partial charge in [-0.3, -0.25) is 9.69 Å². The molecule has 0 radical (unpaired) electrons. The molecule has 1 unspecified atom stereocenters. The molecule has 2 saturated heterocycles. The van der Waals surface area contributed by atoms with Gasteiger partial charge >= 0.3 is 0 Å². The number of nitrogens with zero attached hydrogens (tertiary/aromatic N) is 2. The van der Waals surface area contributed by atoms with Crippen molar-refractivity contribution in [2.75, 3.05) is 46.3 Å². The van der Waals surface area contributed by atoms with Crippen molar-refractivity contribution in [3.05, 3.63) is 0 Å². The van der Waals surface area contributed by atoms with Gasteiger partial charge in [0.15, 0.2) is 0 Å². The Morgan fingerprint density at radius 1 is 1.31 bits per heavy atom. The van der Waals surface area contributed by atoms with Crippen molar-refractivity contribution >= 4 is 5.91 Å². The van der Waals surface area contributed by atoms with Gasteiger partial charge in [0.2, 0.25) is 5.91 Å². The van der Waals surface area contributed by atoms with E-state index in [0.717, 1.165) is 52.1 Å². The van der Waals surface area contributed by atoms with Gasteiger partial charge in [0.25, 0.3) is 0 Å². The lowest BCUT2D eigenvalue weighted by Gasteiger charge is -2.48. The number of nitrogens with two attached hydrogens (primary N) is 1. The molecule has 0 saturated carbocycles. The van der Waals surface area contributed by atoms with Gasteiger partial charge in [0.05, 0.1) is 0 Å². The smallest absolute Gasteiger partial charge is 0.239 e. The average molecular weight is 226 g/mol. The molecule has 5 heteroatoms. The Bertz CT molecular complexity index is 265. The summed E-state index contributed by atoms with van der Waals surface area (Å²) >= 11 is 0. The average Bonchev–Trinajstić information content (AvgIpc) is 2.30. The Kier molecular flexibility index (Phi) is 3.47. The van der Waals surface area contributed by atoms with Gasteiger partial charge in [-0.15, -0.1) is 0 Å². The first-order valence-corrected chi connectivity index (χ1v) is 6.09. The molecule has 0 spiro atoms. The second-order valence-electron chi connectivity index (χ2n) is 4.97. The zero-order valence-electron chi connectivity index (χ0n) is 10.0. The number of primary amides is 1. The number of rotatable bonds is 2. The third-order valence-corrected chi connectivity index (χ3v) is 3.84. The number of piperidine rings is 1. The fraction of sp³-hybridized carbons (Fsp3) is 0.909. The first-order chi connectivity index (χ1) is 7.65. The maximum absolute atomic E-state index is 11.9. The van der Waals surface area contributed by atoms with Crippen LogP contribution in [0.1, 0.15) is 12.8 Å². The van der Waals surface area contributed by atoms with E-state index in [1.54, 1.807) is 0 Å². The van der Waals surface area contributed by atoms with Crippen molar-refractivity contribution in [2.24, 2.45) is 5.73 Å². The number of likely N-dealkylation sites (tertiary alicyclic amines) is 1. The number of amides is 1. The molecule has 1 amide bonds. The van der Waals surface area contributed by atoms with Crippen LogP contribution in [0.25, 0.3) is 0 Å². The third-order valence-electron chi connectivity index (χ3n) is 3.84. The summed E-state index contributed by atoms with van der Waals surface area (Å²) in [4.78, 5) is 16.4. The van der Waals surface area contributed by atoms with E-state index in [1.807, 2.05) is 0 Å². The fourth-order valence-corrected chi connectivity index (χ4v) is 2.95. The highest BCUT2D eigenvalue weighted by molar-refractivity contribution is 5.85. The lowest BCUT2D eigenvalue weighted by atomic mass is 9.86. The summed E-state index contributed by atoms with van der Waals surface area (Å²) in [6, 6.07) is 0. The molecule has 0 aliphatic carbocycles. The quantitative estimate of drug-likeness (QED) is 0.623. The Hall–Kier alpha value is -0.650. The van der Waals surface area contributed by atoms with Crippen molar-refractivity contribution in [1.29, 1.82) is 0 Å². The van der Waals surface area contributed by atoms with E-state index in [2.05, 4.69) is 22.2 Å². The molecule has 2 heterocycles. The Labute approximate surface area is 96.9 Å².